The molecule has 0 radical (unpaired) electrons. The summed E-state index contributed by atoms with van der Waals surface area (Å²) in [7, 11) is 0. The van der Waals surface area contributed by atoms with Crippen LogP contribution >= 0.6 is 0 Å². The van der Waals surface area contributed by atoms with Crippen LogP contribution in [-0.2, 0) is 14.3 Å². The van der Waals surface area contributed by atoms with Crippen LogP contribution in [0.4, 0.5) is 0 Å². The highest BCUT2D eigenvalue weighted by atomic mass is 16.5. The molecule has 86 valence electrons. The summed E-state index contributed by atoms with van der Waals surface area (Å²) in [6.45, 7) is 4.37. The van der Waals surface area contributed by atoms with Gasteiger partial charge < -0.3 is 15.4 Å². The van der Waals surface area contributed by atoms with E-state index >= 15 is 0 Å². The zero-order valence-corrected chi connectivity index (χ0v) is 9.21. The summed E-state index contributed by atoms with van der Waals surface area (Å²) < 4.78 is 5.17. The summed E-state index contributed by atoms with van der Waals surface area (Å²) in [6.07, 6.45) is 1.25. The summed E-state index contributed by atoms with van der Waals surface area (Å²) in [6, 6.07) is 0.0472. The Morgan fingerprint density at radius 2 is 2.40 bits per heavy atom. The predicted octanol–water partition coefficient (Wildman–Crippen LogP) is -0.194. The Hall–Kier alpha value is -1.10. The lowest BCUT2D eigenvalue weighted by Gasteiger charge is -2.23. The highest BCUT2D eigenvalue weighted by Gasteiger charge is 2.19. The minimum absolute atomic E-state index is 0.0472. The Morgan fingerprint density at radius 3 is 2.93 bits per heavy atom. The quantitative estimate of drug-likeness (QED) is 0.681. The number of nitrogens with one attached hydrogen (secondary N) is 2. The Balaban J connectivity index is 2.17. The van der Waals surface area contributed by atoms with Crippen LogP contribution in [0.3, 0.4) is 0 Å². The molecule has 5 nitrogen and oxygen atoms in total. The Labute approximate surface area is 89.6 Å². The van der Waals surface area contributed by atoms with Crippen molar-refractivity contribution in [3.05, 3.63) is 0 Å². The lowest BCUT2D eigenvalue weighted by Crippen LogP contribution is -2.48. The second-order valence-electron chi connectivity index (χ2n) is 3.97. The van der Waals surface area contributed by atoms with Gasteiger partial charge in [-0.15, -0.1) is 0 Å². The number of ether oxygens (including phenoxy) is 1. The van der Waals surface area contributed by atoms with Crippen LogP contribution in [0.15, 0.2) is 0 Å². The molecule has 1 saturated heterocycles. The maximum absolute atomic E-state index is 11.3. The van der Waals surface area contributed by atoms with Crippen LogP contribution in [0.1, 0.15) is 26.7 Å². The molecule has 0 bridgehead atoms. The molecule has 0 aromatic carbocycles. The standard InChI is InChI=1S/C10H18N2O3/c1-7(2)15-6-10(14)12-8-3-4-9(13)11-5-8/h7-8H,3-6H2,1-2H3,(H,11,13)(H,12,14). The van der Waals surface area contributed by atoms with Crippen molar-refractivity contribution in [2.75, 3.05) is 13.2 Å². The van der Waals surface area contributed by atoms with E-state index < -0.39 is 0 Å². The number of carbonyl (C=O) groups excluding carboxylic acids is 2. The van der Waals surface area contributed by atoms with Crippen molar-refractivity contribution in [2.24, 2.45) is 0 Å². The van der Waals surface area contributed by atoms with E-state index in [9.17, 15) is 9.59 Å². The number of piperidine rings is 1. The van der Waals surface area contributed by atoms with Gasteiger partial charge in [0.25, 0.3) is 0 Å². The third-order valence-corrected chi connectivity index (χ3v) is 2.18. The second kappa shape index (κ2) is 5.70. The van der Waals surface area contributed by atoms with Gasteiger partial charge in [-0.25, -0.2) is 0 Å². The third kappa shape index (κ3) is 4.78. The molecule has 1 unspecified atom stereocenters. The number of rotatable bonds is 4. The molecule has 0 saturated carbocycles. The Kier molecular flexibility index (Phi) is 4.55. The maximum Gasteiger partial charge on any atom is 0.246 e. The lowest BCUT2D eigenvalue weighted by molar-refractivity contribution is -0.129. The molecule has 1 atom stereocenters. The van der Waals surface area contributed by atoms with E-state index in [2.05, 4.69) is 10.6 Å². The summed E-state index contributed by atoms with van der Waals surface area (Å²) in [5.74, 6) is -0.0659. The van der Waals surface area contributed by atoms with Gasteiger partial charge in [0, 0.05) is 19.0 Å². The summed E-state index contributed by atoms with van der Waals surface area (Å²) in [5, 5.41) is 5.52. The van der Waals surface area contributed by atoms with Crippen molar-refractivity contribution in [3.8, 4) is 0 Å². The van der Waals surface area contributed by atoms with Gasteiger partial charge in [0.1, 0.15) is 6.61 Å². The molecule has 1 rings (SSSR count). The van der Waals surface area contributed by atoms with Gasteiger partial charge >= 0.3 is 0 Å². The van der Waals surface area contributed by atoms with Crippen molar-refractivity contribution < 1.29 is 14.3 Å². The van der Waals surface area contributed by atoms with Crippen molar-refractivity contribution in [2.45, 2.75) is 38.8 Å². The number of hydrogen-bond acceptors (Lipinski definition) is 3. The van der Waals surface area contributed by atoms with Crippen LogP contribution in [-0.4, -0.2) is 37.1 Å². The molecule has 1 aliphatic rings. The molecular weight excluding hydrogens is 196 g/mol. The first-order valence-corrected chi connectivity index (χ1v) is 5.25. The van der Waals surface area contributed by atoms with E-state index in [1.807, 2.05) is 13.8 Å². The molecule has 5 heteroatoms. The molecule has 2 amide bonds. The topological polar surface area (TPSA) is 67.4 Å². The first kappa shape index (κ1) is 12.0. The lowest BCUT2D eigenvalue weighted by atomic mass is 10.1. The number of amides is 2. The molecular formula is C10H18N2O3. The van der Waals surface area contributed by atoms with E-state index in [4.69, 9.17) is 4.74 Å². The highest BCUT2D eigenvalue weighted by Crippen LogP contribution is 2.02. The predicted molar refractivity (Wildman–Crippen MR) is 55.3 cm³/mol. The summed E-state index contributed by atoms with van der Waals surface area (Å²) in [4.78, 5) is 22.2. The molecule has 1 heterocycles. The molecule has 0 spiro atoms. The van der Waals surface area contributed by atoms with Gasteiger partial charge in [-0.3, -0.25) is 9.59 Å². The zero-order chi connectivity index (χ0) is 11.3. The van der Waals surface area contributed by atoms with E-state index in [1.165, 1.54) is 0 Å². The van der Waals surface area contributed by atoms with Gasteiger partial charge in [-0.05, 0) is 20.3 Å². The maximum atomic E-state index is 11.3. The van der Waals surface area contributed by atoms with E-state index in [0.717, 1.165) is 0 Å². The zero-order valence-electron chi connectivity index (χ0n) is 9.21. The first-order valence-electron chi connectivity index (χ1n) is 5.25. The van der Waals surface area contributed by atoms with Crippen LogP contribution in [0.2, 0.25) is 0 Å². The van der Waals surface area contributed by atoms with Gasteiger partial charge in [0.15, 0.2) is 0 Å². The minimum atomic E-state index is -0.121. The third-order valence-electron chi connectivity index (χ3n) is 2.18. The van der Waals surface area contributed by atoms with Gasteiger partial charge in [-0.2, -0.15) is 0 Å². The molecule has 15 heavy (non-hydrogen) atoms. The fourth-order valence-electron chi connectivity index (χ4n) is 1.37. The second-order valence-corrected chi connectivity index (χ2v) is 3.97. The average Bonchev–Trinajstić information content (AvgIpc) is 2.19. The van der Waals surface area contributed by atoms with Crippen molar-refractivity contribution >= 4 is 11.8 Å². The highest BCUT2D eigenvalue weighted by molar-refractivity contribution is 5.79. The van der Waals surface area contributed by atoms with E-state index in [-0.39, 0.29) is 30.6 Å². The number of carbonyl (C=O) groups is 2. The van der Waals surface area contributed by atoms with E-state index in [1.54, 1.807) is 0 Å². The molecule has 1 fully saturated rings. The Bertz CT molecular complexity index is 231. The summed E-state index contributed by atoms with van der Waals surface area (Å²) in [5.41, 5.74) is 0. The van der Waals surface area contributed by atoms with Crippen LogP contribution in [0, 0.1) is 0 Å². The normalized spacial score (nSPS) is 21.3. The van der Waals surface area contributed by atoms with Crippen LogP contribution < -0.4 is 10.6 Å². The fourth-order valence-corrected chi connectivity index (χ4v) is 1.37. The van der Waals surface area contributed by atoms with Crippen molar-refractivity contribution in [1.29, 1.82) is 0 Å². The van der Waals surface area contributed by atoms with Gasteiger partial charge in [0.2, 0.25) is 11.8 Å². The van der Waals surface area contributed by atoms with Gasteiger partial charge in [0.05, 0.1) is 6.10 Å². The average molecular weight is 214 g/mol. The Morgan fingerprint density at radius 1 is 1.67 bits per heavy atom. The van der Waals surface area contributed by atoms with Crippen LogP contribution in [0.5, 0.6) is 0 Å². The molecule has 0 aromatic rings. The van der Waals surface area contributed by atoms with Crippen LogP contribution in [0.25, 0.3) is 0 Å². The SMILES string of the molecule is CC(C)OCC(=O)NC1CCC(=O)NC1. The fraction of sp³-hybridized carbons (Fsp3) is 0.800. The number of hydrogen-bond donors (Lipinski definition) is 2. The molecule has 1 aliphatic heterocycles. The summed E-state index contributed by atoms with van der Waals surface area (Å²) >= 11 is 0. The smallest absolute Gasteiger partial charge is 0.246 e. The minimum Gasteiger partial charge on any atom is -0.369 e. The van der Waals surface area contributed by atoms with E-state index in [0.29, 0.717) is 19.4 Å². The van der Waals surface area contributed by atoms with Crippen molar-refractivity contribution in [3.63, 3.8) is 0 Å². The largest absolute Gasteiger partial charge is 0.369 e. The van der Waals surface area contributed by atoms with Gasteiger partial charge in [-0.1, -0.05) is 0 Å². The molecule has 2 N–H and O–H groups in total. The van der Waals surface area contributed by atoms with Crippen molar-refractivity contribution in [1.82, 2.24) is 10.6 Å². The molecule has 0 aromatic heterocycles. The molecule has 0 aliphatic carbocycles. The first-order chi connectivity index (χ1) is 7.08. The monoisotopic (exact) mass is 214 g/mol.